The fourth-order valence-electron chi connectivity index (χ4n) is 3.94. The zero-order valence-corrected chi connectivity index (χ0v) is 21.6. The average molecular weight is 555 g/mol. The van der Waals surface area contributed by atoms with Gasteiger partial charge in [-0.05, 0) is 54.6 Å². The van der Waals surface area contributed by atoms with Crippen LogP contribution < -0.4 is 15.2 Å². The van der Waals surface area contributed by atoms with E-state index in [0.29, 0.717) is 22.7 Å². The van der Waals surface area contributed by atoms with Crippen LogP contribution in [-0.2, 0) is 12.8 Å². The molecule has 0 fully saturated rings. The predicted molar refractivity (Wildman–Crippen MR) is 146 cm³/mol. The van der Waals surface area contributed by atoms with Crippen LogP contribution in [0.3, 0.4) is 0 Å². The number of aromatic nitrogens is 4. The van der Waals surface area contributed by atoms with Crippen molar-refractivity contribution in [2.45, 2.75) is 12.8 Å². The molecule has 0 spiro atoms. The van der Waals surface area contributed by atoms with Crippen LogP contribution in [0.1, 0.15) is 22.4 Å². The highest BCUT2D eigenvalue weighted by atomic mass is 19.4. The number of nitrogens with one attached hydrogen (secondary N) is 1. The zero-order chi connectivity index (χ0) is 28.8. The number of aromatic amines is 1. The highest BCUT2D eigenvalue weighted by Gasteiger charge is 2.36. The Labute approximate surface area is 232 Å². The molecule has 2 heterocycles. The second-order valence-corrected chi connectivity index (χ2v) is 8.66. The molecule has 0 saturated heterocycles. The Morgan fingerprint density at radius 3 is 2.22 bits per heavy atom. The Morgan fingerprint density at radius 1 is 0.805 bits per heavy atom. The lowest BCUT2D eigenvalue weighted by Crippen LogP contribution is -2.17. The first kappa shape index (κ1) is 27.1. The van der Waals surface area contributed by atoms with Gasteiger partial charge in [-0.15, -0.1) is 0 Å². The minimum atomic E-state index is -4.76. The highest BCUT2D eigenvalue weighted by molar-refractivity contribution is 5.71. The summed E-state index contributed by atoms with van der Waals surface area (Å²) in [5.74, 6) is 5.89. The third-order valence-corrected chi connectivity index (χ3v) is 5.85. The highest BCUT2D eigenvalue weighted by Crippen LogP contribution is 2.41. The van der Waals surface area contributed by atoms with Crippen molar-refractivity contribution in [1.29, 1.82) is 0 Å². The van der Waals surface area contributed by atoms with Crippen LogP contribution in [0.4, 0.5) is 13.2 Å². The van der Waals surface area contributed by atoms with Crippen LogP contribution >= 0.6 is 0 Å². The van der Waals surface area contributed by atoms with Crippen LogP contribution in [0, 0.1) is 11.8 Å². The molecule has 0 atom stereocenters. The summed E-state index contributed by atoms with van der Waals surface area (Å²) in [6, 6.07) is 24.6. The van der Waals surface area contributed by atoms with Gasteiger partial charge in [0, 0.05) is 22.8 Å². The van der Waals surface area contributed by atoms with Gasteiger partial charge in [0.2, 0.25) is 5.88 Å². The Morgan fingerprint density at radius 2 is 1.51 bits per heavy atom. The molecule has 0 radical (unpaired) electrons. The topological polar surface area (TPSA) is 90.0 Å². The standard InChI is InChI=1S/C31H21F3N4O3/c1-40-26-12-5-9-23(35-26)19-41-25-11-6-10-24(31(32,33)34)27(25)29-36-28(37-30(39)38-29)22-17-15-21(16-18-22)14-13-20-7-3-2-4-8-20/h2-12,15-18H,19H2,1H3,(H,36,37,38,39). The third kappa shape index (κ3) is 6.59. The van der Waals surface area contributed by atoms with Crippen molar-refractivity contribution in [2.24, 2.45) is 0 Å². The van der Waals surface area contributed by atoms with Crippen molar-refractivity contribution in [3.8, 4) is 46.2 Å². The monoisotopic (exact) mass is 554 g/mol. The molecule has 41 heavy (non-hydrogen) atoms. The van der Waals surface area contributed by atoms with Crippen LogP contribution in [0.2, 0.25) is 0 Å². The molecule has 0 aliphatic rings. The number of rotatable bonds is 6. The number of benzene rings is 3. The maximum Gasteiger partial charge on any atom is 0.417 e. The average Bonchev–Trinajstić information content (AvgIpc) is 2.99. The number of pyridine rings is 1. The maximum absolute atomic E-state index is 14.1. The van der Waals surface area contributed by atoms with Crippen LogP contribution in [0.15, 0.2) is 95.8 Å². The van der Waals surface area contributed by atoms with Gasteiger partial charge in [-0.2, -0.15) is 18.2 Å². The quantitative estimate of drug-likeness (QED) is 0.263. The first-order valence-corrected chi connectivity index (χ1v) is 12.3. The van der Waals surface area contributed by atoms with E-state index >= 15 is 0 Å². The molecule has 1 N–H and O–H groups in total. The van der Waals surface area contributed by atoms with Crippen molar-refractivity contribution in [3.05, 3.63) is 124 Å². The van der Waals surface area contributed by atoms with Gasteiger partial charge in [0.1, 0.15) is 18.2 Å². The van der Waals surface area contributed by atoms with E-state index in [9.17, 15) is 18.0 Å². The maximum atomic E-state index is 14.1. The van der Waals surface area contributed by atoms with Gasteiger partial charge in [0.05, 0.1) is 23.9 Å². The molecule has 0 saturated carbocycles. The fraction of sp³-hybridized carbons (Fsp3) is 0.0968. The molecular weight excluding hydrogens is 533 g/mol. The molecule has 7 nitrogen and oxygen atoms in total. The van der Waals surface area contributed by atoms with Gasteiger partial charge in [-0.1, -0.05) is 42.2 Å². The Balaban J connectivity index is 1.51. The third-order valence-electron chi connectivity index (χ3n) is 5.85. The largest absolute Gasteiger partial charge is 0.487 e. The summed E-state index contributed by atoms with van der Waals surface area (Å²) in [5.41, 5.74) is 0.0922. The van der Waals surface area contributed by atoms with E-state index in [1.807, 2.05) is 30.3 Å². The normalized spacial score (nSPS) is 10.9. The summed E-state index contributed by atoms with van der Waals surface area (Å²) in [7, 11) is 1.45. The summed E-state index contributed by atoms with van der Waals surface area (Å²) >= 11 is 0. The van der Waals surface area contributed by atoms with E-state index in [4.69, 9.17) is 9.47 Å². The van der Waals surface area contributed by atoms with Gasteiger partial charge >= 0.3 is 11.9 Å². The first-order chi connectivity index (χ1) is 19.8. The number of ether oxygens (including phenoxy) is 2. The van der Waals surface area contributed by atoms with E-state index in [1.165, 1.54) is 19.2 Å². The Hall–Kier alpha value is -5.43. The fourth-order valence-corrected chi connectivity index (χ4v) is 3.94. The van der Waals surface area contributed by atoms with E-state index < -0.39 is 23.0 Å². The molecule has 204 valence electrons. The van der Waals surface area contributed by atoms with Gasteiger partial charge in [-0.25, -0.2) is 14.8 Å². The molecule has 5 rings (SSSR count). The van der Waals surface area contributed by atoms with E-state index in [1.54, 1.807) is 42.5 Å². The van der Waals surface area contributed by atoms with Crippen molar-refractivity contribution in [3.63, 3.8) is 0 Å². The lowest BCUT2D eigenvalue weighted by atomic mass is 10.0. The number of hydrogen-bond acceptors (Lipinski definition) is 6. The summed E-state index contributed by atoms with van der Waals surface area (Å²) in [5, 5.41) is 0. The van der Waals surface area contributed by atoms with E-state index in [-0.39, 0.29) is 24.0 Å². The van der Waals surface area contributed by atoms with Crippen LogP contribution in [0.5, 0.6) is 11.6 Å². The minimum absolute atomic E-state index is 0.0521. The number of methoxy groups -OCH3 is 1. The van der Waals surface area contributed by atoms with Crippen molar-refractivity contribution in [1.82, 2.24) is 19.9 Å². The zero-order valence-electron chi connectivity index (χ0n) is 21.6. The molecule has 5 aromatic rings. The lowest BCUT2D eigenvalue weighted by molar-refractivity contribution is -0.137. The molecule has 0 amide bonds. The Kier molecular flexibility index (Phi) is 7.78. The second kappa shape index (κ2) is 11.8. The smallest absolute Gasteiger partial charge is 0.417 e. The number of halogens is 3. The van der Waals surface area contributed by atoms with Crippen LogP contribution in [0.25, 0.3) is 22.8 Å². The second-order valence-electron chi connectivity index (χ2n) is 8.66. The molecule has 2 aromatic heterocycles. The van der Waals surface area contributed by atoms with Crippen molar-refractivity contribution >= 4 is 0 Å². The molecular formula is C31H21F3N4O3. The molecule has 0 aliphatic heterocycles. The van der Waals surface area contributed by atoms with Crippen molar-refractivity contribution < 1.29 is 22.6 Å². The molecule has 0 unspecified atom stereocenters. The predicted octanol–water partition coefficient (Wildman–Crippen LogP) is 5.90. The SMILES string of the molecule is COc1cccc(COc2cccc(C(F)(F)F)c2-c2nc(-c3ccc(C#Cc4ccccc4)cc3)nc(=O)[nH]2)n1. The number of alkyl halides is 3. The number of H-pyrrole nitrogens is 1. The molecule has 0 aliphatic carbocycles. The minimum Gasteiger partial charge on any atom is -0.487 e. The first-order valence-electron chi connectivity index (χ1n) is 12.3. The number of hydrogen-bond donors (Lipinski definition) is 1. The van der Waals surface area contributed by atoms with Gasteiger partial charge < -0.3 is 9.47 Å². The molecule has 3 aromatic carbocycles. The van der Waals surface area contributed by atoms with Gasteiger partial charge in [0.25, 0.3) is 0 Å². The lowest BCUT2D eigenvalue weighted by Gasteiger charge is -2.17. The van der Waals surface area contributed by atoms with Crippen LogP contribution in [-0.4, -0.2) is 27.0 Å². The summed E-state index contributed by atoms with van der Waals surface area (Å²) < 4.78 is 53.2. The molecule has 10 heteroatoms. The summed E-state index contributed by atoms with van der Waals surface area (Å²) in [6.45, 7) is -0.154. The molecule has 0 bridgehead atoms. The summed E-state index contributed by atoms with van der Waals surface area (Å²) in [4.78, 5) is 27.3. The summed E-state index contributed by atoms with van der Waals surface area (Å²) in [6.07, 6.45) is -4.76. The Bertz CT molecular complexity index is 1790. The van der Waals surface area contributed by atoms with Gasteiger partial charge in [-0.3, -0.25) is 4.98 Å². The van der Waals surface area contributed by atoms with E-state index in [0.717, 1.165) is 11.6 Å². The van der Waals surface area contributed by atoms with Crippen molar-refractivity contribution in [2.75, 3.05) is 7.11 Å². The van der Waals surface area contributed by atoms with Gasteiger partial charge in [0.15, 0.2) is 5.82 Å². The number of nitrogens with zero attached hydrogens (tertiary/aromatic N) is 3. The van der Waals surface area contributed by atoms with E-state index in [2.05, 4.69) is 31.8 Å².